The summed E-state index contributed by atoms with van der Waals surface area (Å²) in [4.78, 5) is 2.38. The zero-order chi connectivity index (χ0) is 29.2. The molecule has 0 saturated heterocycles. The van der Waals surface area contributed by atoms with Crippen LogP contribution in [0.15, 0.2) is 121 Å². The smallest absolute Gasteiger partial charge is 0.210 e. The molecule has 42 heavy (non-hydrogen) atoms. The molecule has 0 aromatic heterocycles. The summed E-state index contributed by atoms with van der Waals surface area (Å²) in [5.74, 6) is 0. The van der Waals surface area contributed by atoms with Crippen molar-refractivity contribution in [2.45, 2.75) is 44.9 Å². The lowest BCUT2D eigenvalue weighted by atomic mass is 9.72. The van der Waals surface area contributed by atoms with Crippen molar-refractivity contribution in [2.24, 2.45) is 0 Å². The van der Waals surface area contributed by atoms with E-state index in [4.69, 9.17) is 0 Å². The minimum absolute atomic E-state index is 0.106. The fourth-order valence-electron chi connectivity index (χ4n) is 7.84. The van der Waals surface area contributed by atoms with Gasteiger partial charge in [-0.3, -0.25) is 0 Å². The molecule has 0 N–H and O–H groups in total. The van der Waals surface area contributed by atoms with Crippen molar-refractivity contribution >= 4 is 38.6 Å². The molecule has 2 aliphatic heterocycles. The molecule has 2 aliphatic rings. The first kappa shape index (κ1) is 26.5. The van der Waals surface area contributed by atoms with Crippen LogP contribution in [0.3, 0.4) is 0 Å². The fraction of sp³-hybridized carbons (Fsp3) is 0.225. The van der Waals surface area contributed by atoms with Gasteiger partial charge in [-0.1, -0.05) is 98.8 Å². The summed E-state index contributed by atoms with van der Waals surface area (Å²) in [7, 11) is 4.44. The van der Waals surface area contributed by atoms with Crippen LogP contribution < -0.4 is 4.90 Å². The Labute approximate surface area is 249 Å². The molecule has 1 unspecified atom stereocenters. The number of hydrogen-bond acceptors (Lipinski definition) is 1. The molecule has 0 spiro atoms. The first-order valence-corrected chi connectivity index (χ1v) is 15.0. The highest BCUT2D eigenvalue weighted by Crippen LogP contribution is 2.50. The van der Waals surface area contributed by atoms with Crippen LogP contribution in [0, 0.1) is 6.92 Å². The Bertz CT molecular complexity index is 1990. The predicted molar refractivity (Wildman–Crippen MR) is 180 cm³/mol. The Balaban J connectivity index is 1.35. The van der Waals surface area contributed by atoms with Gasteiger partial charge in [0.25, 0.3) is 0 Å². The summed E-state index contributed by atoms with van der Waals surface area (Å²) < 4.78 is 2.42. The van der Waals surface area contributed by atoms with E-state index in [1.54, 1.807) is 0 Å². The molecule has 0 radical (unpaired) electrons. The van der Waals surface area contributed by atoms with Crippen molar-refractivity contribution in [3.05, 3.63) is 143 Å². The van der Waals surface area contributed by atoms with Gasteiger partial charge in [-0.05, 0) is 76.7 Å². The van der Waals surface area contributed by atoms with Crippen molar-refractivity contribution in [1.29, 1.82) is 0 Å². The Hall–Kier alpha value is -4.43. The maximum absolute atomic E-state index is 2.44. The topological polar surface area (TPSA) is 6.25 Å². The highest BCUT2D eigenvalue weighted by molar-refractivity contribution is 6.08. The van der Waals surface area contributed by atoms with Crippen LogP contribution in [-0.4, -0.2) is 24.4 Å². The van der Waals surface area contributed by atoms with Gasteiger partial charge >= 0.3 is 0 Å². The molecule has 7 rings (SSSR count). The molecule has 1 atom stereocenters. The minimum Gasteiger partial charge on any atom is -0.347 e. The van der Waals surface area contributed by atoms with Crippen molar-refractivity contribution in [3.63, 3.8) is 0 Å². The molecule has 0 bridgehead atoms. The number of allylic oxidation sites excluding steroid dienone is 4. The van der Waals surface area contributed by atoms with E-state index >= 15 is 0 Å². The molecular formula is C40H39N2+. The first-order valence-electron chi connectivity index (χ1n) is 15.0. The van der Waals surface area contributed by atoms with Crippen LogP contribution >= 0.6 is 0 Å². The van der Waals surface area contributed by atoms with Crippen molar-refractivity contribution in [2.75, 3.05) is 19.0 Å². The SMILES string of the molecule is Cc1ccccc1CC1(C)C(/C=C/C=C2/N(C)c3ccc4ccccc4c3C2(C)C)=[N+](C)c2ccc3ccccc3c21. The van der Waals surface area contributed by atoms with Gasteiger partial charge < -0.3 is 4.90 Å². The fourth-order valence-corrected chi connectivity index (χ4v) is 7.84. The summed E-state index contributed by atoms with van der Waals surface area (Å²) in [6.45, 7) is 9.40. The highest BCUT2D eigenvalue weighted by Gasteiger charge is 2.48. The number of aryl methyl sites for hydroxylation is 1. The van der Waals surface area contributed by atoms with Gasteiger partial charge in [0.05, 0.1) is 5.41 Å². The van der Waals surface area contributed by atoms with Gasteiger partial charge in [0.15, 0.2) is 5.71 Å². The molecule has 5 aromatic carbocycles. The average molecular weight is 548 g/mol. The Morgan fingerprint density at radius 1 is 0.738 bits per heavy atom. The van der Waals surface area contributed by atoms with Crippen molar-refractivity contribution in [3.8, 4) is 0 Å². The maximum atomic E-state index is 2.44. The standard InChI is InChI=1S/C40H39N2/c1-27-14-7-8-17-30(27)26-40(4)36(42(6)34-25-23-29-16-10-12-19-32(29)38(34)40)21-13-20-35-39(2,3)37-31-18-11-9-15-28(31)22-24-33(37)41(35)5/h7-25H,26H2,1-6H3/q+1. The van der Waals surface area contributed by atoms with E-state index in [9.17, 15) is 0 Å². The van der Waals surface area contributed by atoms with E-state index in [0.29, 0.717) is 0 Å². The molecule has 2 nitrogen and oxygen atoms in total. The van der Waals surface area contributed by atoms with Crippen molar-refractivity contribution in [1.82, 2.24) is 0 Å². The van der Waals surface area contributed by atoms with E-state index in [2.05, 4.69) is 167 Å². The van der Waals surface area contributed by atoms with Gasteiger partial charge in [0.2, 0.25) is 5.69 Å². The third-order valence-electron chi connectivity index (χ3n) is 9.96. The van der Waals surface area contributed by atoms with E-state index in [-0.39, 0.29) is 10.8 Å². The lowest BCUT2D eigenvalue weighted by Gasteiger charge is -2.25. The van der Waals surface area contributed by atoms with E-state index in [1.807, 2.05) is 0 Å². The summed E-state index contributed by atoms with van der Waals surface area (Å²) >= 11 is 0. The van der Waals surface area contributed by atoms with Gasteiger partial charge in [-0.2, -0.15) is 4.58 Å². The lowest BCUT2D eigenvalue weighted by Crippen LogP contribution is -2.33. The third-order valence-corrected chi connectivity index (χ3v) is 9.96. The molecule has 2 heterocycles. The second kappa shape index (κ2) is 9.56. The van der Waals surface area contributed by atoms with Crippen LogP contribution in [0.1, 0.15) is 43.0 Å². The average Bonchev–Trinajstić information content (AvgIpc) is 3.33. The zero-order valence-electron chi connectivity index (χ0n) is 25.6. The van der Waals surface area contributed by atoms with Crippen LogP contribution in [0.2, 0.25) is 0 Å². The Kier molecular flexibility index (Phi) is 6.02. The second-order valence-electron chi connectivity index (χ2n) is 12.8. The van der Waals surface area contributed by atoms with E-state index in [0.717, 1.165) is 6.42 Å². The number of hydrogen-bond donors (Lipinski definition) is 0. The number of benzene rings is 5. The molecule has 208 valence electrons. The van der Waals surface area contributed by atoms with Crippen LogP contribution in [-0.2, 0) is 17.3 Å². The largest absolute Gasteiger partial charge is 0.347 e. The van der Waals surface area contributed by atoms with E-state index < -0.39 is 0 Å². The monoisotopic (exact) mass is 547 g/mol. The number of fused-ring (bicyclic) bond motifs is 6. The number of rotatable bonds is 4. The molecule has 2 heteroatoms. The molecule has 0 fully saturated rings. The molecule has 5 aromatic rings. The normalized spacial score (nSPS) is 20.3. The van der Waals surface area contributed by atoms with Gasteiger partial charge in [0.1, 0.15) is 7.05 Å². The lowest BCUT2D eigenvalue weighted by molar-refractivity contribution is -0.401. The Morgan fingerprint density at radius 3 is 2.07 bits per heavy atom. The zero-order valence-corrected chi connectivity index (χ0v) is 25.6. The van der Waals surface area contributed by atoms with Gasteiger partial charge in [0, 0.05) is 41.6 Å². The molecule has 0 amide bonds. The number of nitrogens with zero attached hydrogens (tertiary/aromatic N) is 2. The summed E-state index contributed by atoms with van der Waals surface area (Å²) in [6, 6.07) is 35.6. The summed E-state index contributed by atoms with van der Waals surface area (Å²) in [5, 5.41) is 5.29. The quantitative estimate of drug-likeness (QED) is 0.203. The van der Waals surface area contributed by atoms with Crippen LogP contribution in [0.5, 0.6) is 0 Å². The van der Waals surface area contributed by atoms with Gasteiger partial charge in [-0.15, -0.1) is 0 Å². The molecule has 0 aliphatic carbocycles. The predicted octanol–water partition coefficient (Wildman–Crippen LogP) is 9.40. The van der Waals surface area contributed by atoms with E-state index in [1.165, 1.54) is 66.6 Å². The highest BCUT2D eigenvalue weighted by atomic mass is 15.2. The first-order chi connectivity index (χ1) is 20.2. The minimum atomic E-state index is -0.178. The number of likely N-dealkylation sites (N-methyl/N-ethyl adjacent to an activating group) is 1. The maximum Gasteiger partial charge on any atom is 0.210 e. The van der Waals surface area contributed by atoms with Crippen molar-refractivity contribution < 1.29 is 4.58 Å². The Morgan fingerprint density at radius 2 is 1.36 bits per heavy atom. The van der Waals surface area contributed by atoms with Crippen LogP contribution in [0.25, 0.3) is 21.5 Å². The summed E-state index contributed by atoms with van der Waals surface area (Å²) in [5.41, 5.74) is 10.5. The second-order valence-corrected chi connectivity index (χ2v) is 12.8. The molecular weight excluding hydrogens is 508 g/mol. The number of anilines is 1. The summed E-state index contributed by atoms with van der Waals surface area (Å²) in [6.07, 6.45) is 7.94. The molecule has 0 saturated carbocycles. The third kappa shape index (κ3) is 3.81. The van der Waals surface area contributed by atoms with Gasteiger partial charge in [-0.25, -0.2) is 0 Å². The van der Waals surface area contributed by atoms with Crippen LogP contribution in [0.4, 0.5) is 11.4 Å².